The highest BCUT2D eigenvalue weighted by molar-refractivity contribution is 7.99. The molecule has 1 aromatic heterocycles. The Kier molecular flexibility index (Phi) is 7.32. The highest BCUT2D eigenvalue weighted by Gasteiger charge is 2.12. The minimum Gasteiger partial charge on any atom is -0.383 e. The zero-order valence-corrected chi connectivity index (χ0v) is 12.6. The molecule has 102 valence electrons. The number of pyridine rings is 1. The van der Waals surface area contributed by atoms with Gasteiger partial charge in [0.05, 0.1) is 6.61 Å². The summed E-state index contributed by atoms with van der Waals surface area (Å²) in [7, 11) is 1.72. The van der Waals surface area contributed by atoms with E-state index in [9.17, 15) is 0 Å². The van der Waals surface area contributed by atoms with Gasteiger partial charge in [-0.05, 0) is 17.5 Å². The highest BCUT2D eigenvalue weighted by atomic mass is 32.2. The lowest BCUT2D eigenvalue weighted by atomic mass is 10.2. The normalized spacial score (nSPS) is 12.9. The molecule has 0 fully saturated rings. The van der Waals surface area contributed by atoms with Crippen molar-refractivity contribution in [3.63, 3.8) is 0 Å². The Morgan fingerprint density at radius 2 is 2.17 bits per heavy atom. The van der Waals surface area contributed by atoms with Crippen LogP contribution in [0.5, 0.6) is 0 Å². The van der Waals surface area contributed by atoms with Gasteiger partial charge in [-0.25, -0.2) is 4.98 Å². The summed E-state index contributed by atoms with van der Waals surface area (Å²) < 4.78 is 5.02. The first-order valence-electron chi connectivity index (χ1n) is 6.45. The van der Waals surface area contributed by atoms with E-state index in [0.717, 1.165) is 24.7 Å². The molecule has 0 aliphatic carbocycles. The second-order valence-corrected chi connectivity index (χ2v) is 6.07. The molecule has 0 spiro atoms. The summed E-state index contributed by atoms with van der Waals surface area (Å²) in [6.07, 6.45) is 1.87. The summed E-state index contributed by atoms with van der Waals surface area (Å²) in [5.41, 5.74) is 1.27. The molecule has 4 heteroatoms. The SMILES string of the molecule is COCCNCc1cccnc1SC(C)C(C)C. The molecule has 1 rings (SSSR count). The molecule has 0 aliphatic heterocycles. The third kappa shape index (κ3) is 5.38. The van der Waals surface area contributed by atoms with E-state index in [1.54, 1.807) is 7.11 Å². The van der Waals surface area contributed by atoms with E-state index < -0.39 is 0 Å². The molecule has 1 atom stereocenters. The largest absolute Gasteiger partial charge is 0.383 e. The fourth-order valence-electron chi connectivity index (χ4n) is 1.37. The van der Waals surface area contributed by atoms with Crippen molar-refractivity contribution in [2.24, 2.45) is 5.92 Å². The molecule has 0 bridgehead atoms. The van der Waals surface area contributed by atoms with Crippen LogP contribution in [0.1, 0.15) is 26.3 Å². The van der Waals surface area contributed by atoms with Crippen LogP contribution in [0, 0.1) is 5.92 Å². The van der Waals surface area contributed by atoms with Crippen molar-refractivity contribution < 1.29 is 4.74 Å². The van der Waals surface area contributed by atoms with Crippen LogP contribution in [0.15, 0.2) is 23.4 Å². The lowest BCUT2D eigenvalue weighted by Crippen LogP contribution is -2.19. The zero-order valence-electron chi connectivity index (χ0n) is 11.8. The Labute approximate surface area is 115 Å². The summed E-state index contributed by atoms with van der Waals surface area (Å²) in [6, 6.07) is 4.14. The molecule has 0 aliphatic rings. The molecule has 0 saturated carbocycles. The minimum absolute atomic E-state index is 0.581. The molecule has 1 N–H and O–H groups in total. The van der Waals surface area contributed by atoms with Gasteiger partial charge in [0.15, 0.2) is 0 Å². The Bertz CT molecular complexity index is 344. The first kappa shape index (κ1) is 15.5. The minimum atomic E-state index is 0.581. The fourth-order valence-corrected chi connectivity index (χ4v) is 2.41. The number of thioether (sulfide) groups is 1. The first-order valence-corrected chi connectivity index (χ1v) is 7.33. The standard InChI is InChI=1S/C14H24N2OS/c1-11(2)12(3)18-14-13(6-5-7-16-14)10-15-8-9-17-4/h5-7,11-12,15H,8-10H2,1-4H3. The molecule has 1 aromatic rings. The summed E-state index contributed by atoms with van der Waals surface area (Å²) in [5.74, 6) is 0.659. The molecule has 3 nitrogen and oxygen atoms in total. The number of nitrogens with one attached hydrogen (secondary N) is 1. The van der Waals surface area contributed by atoms with Crippen LogP contribution >= 0.6 is 11.8 Å². The van der Waals surface area contributed by atoms with Crippen LogP contribution < -0.4 is 5.32 Å². The number of rotatable bonds is 8. The smallest absolute Gasteiger partial charge is 0.101 e. The van der Waals surface area contributed by atoms with Gasteiger partial charge in [0.2, 0.25) is 0 Å². The number of ether oxygens (including phenoxy) is 1. The summed E-state index contributed by atoms with van der Waals surface area (Å²) in [4.78, 5) is 4.49. The van der Waals surface area contributed by atoms with Crippen molar-refractivity contribution in [1.29, 1.82) is 0 Å². The quantitative estimate of drug-likeness (QED) is 0.580. The van der Waals surface area contributed by atoms with Gasteiger partial charge in [-0.2, -0.15) is 0 Å². The van der Waals surface area contributed by atoms with E-state index in [4.69, 9.17) is 4.74 Å². The Morgan fingerprint density at radius 3 is 2.83 bits per heavy atom. The average molecular weight is 268 g/mol. The molecular weight excluding hydrogens is 244 g/mol. The van der Waals surface area contributed by atoms with Crippen LogP contribution in [0.2, 0.25) is 0 Å². The van der Waals surface area contributed by atoms with Crippen molar-refractivity contribution in [2.45, 2.75) is 37.6 Å². The first-order chi connectivity index (χ1) is 8.65. The number of nitrogens with zero attached hydrogens (tertiary/aromatic N) is 1. The monoisotopic (exact) mass is 268 g/mol. The summed E-state index contributed by atoms with van der Waals surface area (Å²) >= 11 is 1.86. The predicted octanol–water partition coefficient (Wildman–Crippen LogP) is 2.95. The Morgan fingerprint density at radius 1 is 1.39 bits per heavy atom. The van der Waals surface area contributed by atoms with Gasteiger partial charge in [0, 0.05) is 31.6 Å². The zero-order chi connectivity index (χ0) is 13.4. The van der Waals surface area contributed by atoms with Crippen molar-refractivity contribution in [3.8, 4) is 0 Å². The fraction of sp³-hybridized carbons (Fsp3) is 0.643. The molecule has 18 heavy (non-hydrogen) atoms. The molecule has 0 saturated heterocycles. The lowest BCUT2D eigenvalue weighted by molar-refractivity contribution is 0.199. The second kappa shape index (κ2) is 8.51. The van der Waals surface area contributed by atoms with Crippen molar-refractivity contribution in [2.75, 3.05) is 20.3 Å². The molecule has 0 aromatic carbocycles. The number of aromatic nitrogens is 1. The number of hydrogen-bond acceptors (Lipinski definition) is 4. The van der Waals surface area contributed by atoms with Gasteiger partial charge in [-0.15, -0.1) is 11.8 Å². The topological polar surface area (TPSA) is 34.1 Å². The van der Waals surface area contributed by atoms with E-state index >= 15 is 0 Å². The molecular formula is C14H24N2OS. The van der Waals surface area contributed by atoms with Crippen LogP contribution in [0.4, 0.5) is 0 Å². The van der Waals surface area contributed by atoms with Crippen LogP contribution in [0.25, 0.3) is 0 Å². The Balaban J connectivity index is 2.56. The van der Waals surface area contributed by atoms with Gasteiger partial charge in [0.25, 0.3) is 0 Å². The average Bonchev–Trinajstić information content (AvgIpc) is 2.36. The van der Waals surface area contributed by atoms with Crippen LogP contribution in [0.3, 0.4) is 0 Å². The van der Waals surface area contributed by atoms with Crippen molar-refractivity contribution in [3.05, 3.63) is 23.9 Å². The number of hydrogen-bond donors (Lipinski definition) is 1. The van der Waals surface area contributed by atoms with E-state index in [2.05, 4.69) is 37.1 Å². The van der Waals surface area contributed by atoms with Gasteiger partial charge < -0.3 is 10.1 Å². The number of methoxy groups -OCH3 is 1. The maximum Gasteiger partial charge on any atom is 0.101 e. The van der Waals surface area contributed by atoms with Crippen molar-refractivity contribution >= 4 is 11.8 Å². The predicted molar refractivity (Wildman–Crippen MR) is 78.0 cm³/mol. The van der Waals surface area contributed by atoms with E-state index in [1.165, 1.54) is 5.56 Å². The maximum atomic E-state index is 5.02. The van der Waals surface area contributed by atoms with Crippen LogP contribution in [-0.4, -0.2) is 30.5 Å². The van der Waals surface area contributed by atoms with E-state index in [1.807, 2.05) is 24.0 Å². The molecule has 1 heterocycles. The second-order valence-electron chi connectivity index (χ2n) is 4.70. The summed E-state index contributed by atoms with van der Waals surface area (Å²) in [6.45, 7) is 9.21. The molecule has 1 unspecified atom stereocenters. The lowest BCUT2D eigenvalue weighted by Gasteiger charge is -2.16. The Hall–Kier alpha value is -0.580. The maximum absolute atomic E-state index is 5.02. The van der Waals surface area contributed by atoms with Gasteiger partial charge in [-0.3, -0.25) is 0 Å². The van der Waals surface area contributed by atoms with Gasteiger partial charge >= 0.3 is 0 Å². The highest BCUT2D eigenvalue weighted by Crippen LogP contribution is 2.28. The van der Waals surface area contributed by atoms with E-state index in [0.29, 0.717) is 11.2 Å². The molecule has 0 radical (unpaired) electrons. The van der Waals surface area contributed by atoms with Crippen molar-refractivity contribution in [1.82, 2.24) is 10.3 Å². The third-order valence-electron chi connectivity index (χ3n) is 2.88. The summed E-state index contributed by atoms with van der Waals surface area (Å²) in [5, 5.41) is 5.09. The molecule has 0 amide bonds. The van der Waals surface area contributed by atoms with Crippen LogP contribution in [-0.2, 0) is 11.3 Å². The van der Waals surface area contributed by atoms with Gasteiger partial charge in [-0.1, -0.05) is 26.8 Å². The van der Waals surface area contributed by atoms with Gasteiger partial charge in [0.1, 0.15) is 5.03 Å². The third-order valence-corrected chi connectivity index (χ3v) is 4.39. The van der Waals surface area contributed by atoms with E-state index in [-0.39, 0.29) is 0 Å².